The van der Waals surface area contributed by atoms with Gasteiger partial charge < -0.3 is 10.1 Å². The van der Waals surface area contributed by atoms with Crippen LogP contribution in [0.3, 0.4) is 0 Å². The SMILES string of the molecule is CCCc1cnc(CCCO)[nH]1. The maximum absolute atomic E-state index is 8.60. The van der Waals surface area contributed by atoms with Crippen LogP contribution in [0.4, 0.5) is 0 Å². The number of aliphatic hydroxyl groups is 1. The van der Waals surface area contributed by atoms with E-state index in [4.69, 9.17) is 5.11 Å². The van der Waals surface area contributed by atoms with E-state index in [0.717, 1.165) is 31.5 Å². The van der Waals surface area contributed by atoms with Crippen molar-refractivity contribution in [2.75, 3.05) is 6.61 Å². The van der Waals surface area contributed by atoms with E-state index < -0.39 is 0 Å². The fourth-order valence-corrected chi connectivity index (χ4v) is 1.18. The average Bonchev–Trinajstić information content (AvgIpc) is 2.50. The lowest BCUT2D eigenvalue weighted by molar-refractivity contribution is 0.287. The van der Waals surface area contributed by atoms with Gasteiger partial charge in [-0.05, 0) is 12.8 Å². The van der Waals surface area contributed by atoms with Crippen molar-refractivity contribution < 1.29 is 5.11 Å². The second kappa shape index (κ2) is 4.93. The van der Waals surface area contributed by atoms with E-state index in [1.54, 1.807) is 0 Å². The number of nitrogens with one attached hydrogen (secondary N) is 1. The van der Waals surface area contributed by atoms with Crippen molar-refractivity contribution >= 4 is 0 Å². The Hall–Kier alpha value is -0.830. The number of nitrogens with zero attached hydrogens (tertiary/aromatic N) is 1. The smallest absolute Gasteiger partial charge is 0.106 e. The molecule has 68 valence electrons. The summed E-state index contributed by atoms with van der Waals surface area (Å²) < 4.78 is 0. The van der Waals surface area contributed by atoms with Gasteiger partial charge in [-0.25, -0.2) is 4.98 Å². The third-order valence-corrected chi connectivity index (χ3v) is 1.77. The third-order valence-electron chi connectivity index (χ3n) is 1.77. The van der Waals surface area contributed by atoms with Gasteiger partial charge >= 0.3 is 0 Å². The van der Waals surface area contributed by atoms with Gasteiger partial charge in [0.2, 0.25) is 0 Å². The Labute approximate surface area is 72.8 Å². The second-order valence-corrected chi connectivity index (χ2v) is 2.93. The molecule has 1 heterocycles. The van der Waals surface area contributed by atoms with Gasteiger partial charge in [0.15, 0.2) is 0 Å². The van der Waals surface area contributed by atoms with E-state index in [1.807, 2.05) is 6.20 Å². The highest BCUT2D eigenvalue weighted by Crippen LogP contribution is 2.02. The number of aliphatic hydroxyl groups excluding tert-OH is 1. The van der Waals surface area contributed by atoms with E-state index in [2.05, 4.69) is 16.9 Å². The zero-order valence-corrected chi connectivity index (χ0v) is 7.51. The minimum absolute atomic E-state index is 0.240. The summed E-state index contributed by atoms with van der Waals surface area (Å²) in [5, 5.41) is 8.60. The van der Waals surface area contributed by atoms with Gasteiger partial charge in [0, 0.05) is 24.9 Å². The molecule has 0 fully saturated rings. The van der Waals surface area contributed by atoms with Gasteiger partial charge in [0.1, 0.15) is 5.82 Å². The van der Waals surface area contributed by atoms with Crippen molar-refractivity contribution in [2.45, 2.75) is 32.6 Å². The number of aromatic amines is 1. The number of imidazole rings is 1. The zero-order chi connectivity index (χ0) is 8.81. The molecule has 0 bridgehead atoms. The van der Waals surface area contributed by atoms with Crippen LogP contribution in [0.5, 0.6) is 0 Å². The highest BCUT2D eigenvalue weighted by molar-refractivity contribution is 5.01. The van der Waals surface area contributed by atoms with Crippen molar-refractivity contribution in [2.24, 2.45) is 0 Å². The molecule has 0 aliphatic heterocycles. The van der Waals surface area contributed by atoms with Gasteiger partial charge in [0.05, 0.1) is 0 Å². The van der Waals surface area contributed by atoms with Crippen LogP contribution in [-0.4, -0.2) is 21.7 Å². The molecule has 0 spiro atoms. The predicted octanol–water partition coefficient (Wildman–Crippen LogP) is 1.29. The van der Waals surface area contributed by atoms with Gasteiger partial charge in [-0.15, -0.1) is 0 Å². The summed E-state index contributed by atoms with van der Waals surface area (Å²) in [5.41, 5.74) is 1.20. The minimum Gasteiger partial charge on any atom is -0.396 e. The van der Waals surface area contributed by atoms with Crippen molar-refractivity contribution in [1.29, 1.82) is 0 Å². The molecular formula is C9H16N2O. The van der Waals surface area contributed by atoms with Gasteiger partial charge in [-0.2, -0.15) is 0 Å². The van der Waals surface area contributed by atoms with Crippen molar-refractivity contribution in [1.82, 2.24) is 9.97 Å². The first-order chi connectivity index (χ1) is 5.86. The van der Waals surface area contributed by atoms with Crippen LogP contribution in [0.25, 0.3) is 0 Å². The maximum atomic E-state index is 8.60. The summed E-state index contributed by atoms with van der Waals surface area (Å²) in [7, 11) is 0. The molecule has 0 saturated carbocycles. The average molecular weight is 168 g/mol. The Morgan fingerprint density at radius 3 is 3.00 bits per heavy atom. The predicted molar refractivity (Wildman–Crippen MR) is 48.0 cm³/mol. The molecule has 12 heavy (non-hydrogen) atoms. The molecule has 0 atom stereocenters. The summed E-state index contributed by atoms with van der Waals surface area (Å²) in [5.74, 6) is 0.993. The largest absolute Gasteiger partial charge is 0.396 e. The number of aromatic nitrogens is 2. The number of aryl methyl sites for hydroxylation is 2. The number of rotatable bonds is 5. The first-order valence-corrected chi connectivity index (χ1v) is 4.50. The Balaban J connectivity index is 2.41. The Morgan fingerprint density at radius 2 is 2.33 bits per heavy atom. The number of H-pyrrole nitrogens is 1. The van der Waals surface area contributed by atoms with E-state index in [1.165, 1.54) is 5.69 Å². The molecule has 0 unspecified atom stereocenters. The van der Waals surface area contributed by atoms with Crippen LogP contribution >= 0.6 is 0 Å². The number of hydrogen-bond acceptors (Lipinski definition) is 2. The van der Waals surface area contributed by atoms with Crippen LogP contribution in [-0.2, 0) is 12.8 Å². The van der Waals surface area contributed by atoms with Crippen molar-refractivity contribution in [3.05, 3.63) is 17.7 Å². The molecule has 1 aromatic rings. The van der Waals surface area contributed by atoms with E-state index in [0.29, 0.717) is 0 Å². The molecule has 1 rings (SSSR count). The van der Waals surface area contributed by atoms with E-state index in [-0.39, 0.29) is 6.61 Å². The third kappa shape index (κ3) is 2.66. The summed E-state index contributed by atoms with van der Waals surface area (Å²) in [6, 6.07) is 0. The fourth-order valence-electron chi connectivity index (χ4n) is 1.18. The molecule has 0 aliphatic carbocycles. The molecule has 3 nitrogen and oxygen atoms in total. The first kappa shape index (κ1) is 9.26. The van der Waals surface area contributed by atoms with E-state index >= 15 is 0 Å². The fraction of sp³-hybridized carbons (Fsp3) is 0.667. The second-order valence-electron chi connectivity index (χ2n) is 2.93. The van der Waals surface area contributed by atoms with Gasteiger partial charge in [-0.1, -0.05) is 13.3 Å². The van der Waals surface area contributed by atoms with Crippen LogP contribution < -0.4 is 0 Å². The van der Waals surface area contributed by atoms with Crippen molar-refractivity contribution in [3.63, 3.8) is 0 Å². The molecule has 0 aromatic carbocycles. The van der Waals surface area contributed by atoms with Crippen molar-refractivity contribution in [3.8, 4) is 0 Å². The maximum Gasteiger partial charge on any atom is 0.106 e. The highest BCUT2D eigenvalue weighted by Gasteiger charge is 1.98. The number of hydrogen-bond donors (Lipinski definition) is 2. The summed E-state index contributed by atoms with van der Waals surface area (Å²) in [4.78, 5) is 7.43. The summed E-state index contributed by atoms with van der Waals surface area (Å²) in [6.45, 7) is 2.39. The lowest BCUT2D eigenvalue weighted by Crippen LogP contribution is -1.92. The molecule has 0 radical (unpaired) electrons. The monoisotopic (exact) mass is 168 g/mol. The lowest BCUT2D eigenvalue weighted by Gasteiger charge is -1.93. The minimum atomic E-state index is 0.240. The Bertz CT molecular complexity index is 220. The Kier molecular flexibility index (Phi) is 3.80. The highest BCUT2D eigenvalue weighted by atomic mass is 16.2. The van der Waals surface area contributed by atoms with Gasteiger partial charge in [0.25, 0.3) is 0 Å². The quantitative estimate of drug-likeness (QED) is 0.696. The Morgan fingerprint density at radius 1 is 1.50 bits per heavy atom. The molecule has 0 saturated heterocycles. The standard InChI is InChI=1S/C9H16N2O/c1-2-4-8-7-10-9(11-8)5-3-6-12/h7,12H,2-6H2,1H3,(H,10,11). The lowest BCUT2D eigenvalue weighted by atomic mass is 10.3. The molecular weight excluding hydrogens is 152 g/mol. The molecule has 3 heteroatoms. The first-order valence-electron chi connectivity index (χ1n) is 4.50. The van der Waals surface area contributed by atoms with Crippen LogP contribution in [0.1, 0.15) is 31.3 Å². The van der Waals surface area contributed by atoms with Crippen LogP contribution in [0.15, 0.2) is 6.20 Å². The normalized spacial score (nSPS) is 10.5. The molecule has 1 aromatic heterocycles. The zero-order valence-electron chi connectivity index (χ0n) is 7.51. The molecule has 0 amide bonds. The van der Waals surface area contributed by atoms with Crippen LogP contribution in [0.2, 0.25) is 0 Å². The summed E-state index contributed by atoms with van der Waals surface area (Å²) in [6.07, 6.45) is 5.73. The topological polar surface area (TPSA) is 48.9 Å². The van der Waals surface area contributed by atoms with Gasteiger partial charge in [-0.3, -0.25) is 0 Å². The molecule has 0 aliphatic rings. The van der Waals surface area contributed by atoms with Crippen LogP contribution in [0, 0.1) is 0 Å². The summed E-state index contributed by atoms with van der Waals surface area (Å²) >= 11 is 0. The van der Waals surface area contributed by atoms with E-state index in [9.17, 15) is 0 Å². The molecule has 2 N–H and O–H groups in total.